The number of carbonyl (C=O) groups is 1. The number of carboxylic acid groups (broad SMARTS) is 1. The summed E-state index contributed by atoms with van der Waals surface area (Å²) in [5.41, 5.74) is 0.730. The van der Waals surface area contributed by atoms with E-state index >= 15 is 0 Å². The summed E-state index contributed by atoms with van der Waals surface area (Å²) in [5, 5.41) is 10.6. The molecule has 88 valence electrons. The Morgan fingerprint density at radius 3 is 2.88 bits per heavy atom. The van der Waals surface area contributed by atoms with Crippen LogP contribution in [0.15, 0.2) is 5.38 Å². The van der Waals surface area contributed by atoms with E-state index in [0.29, 0.717) is 12.7 Å². The number of carboxylic acids is 1. The molecule has 0 spiro atoms. The smallest absolute Gasteiger partial charge is 0.365 e. The van der Waals surface area contributed by atoms with Crippen molar-refractivity contribution in [1.29, 1.82) is 0 Å². The maximum atomic E-state index is 10.6. The van der Waals surface area contributed by atoms with E-state index in [1.807, 2.05) is 0 Å². The van der Waals surface area contributed by atoms with Crippen LogP contribution in [0.2, 0.25) is 0 Å². The predicted octanol–water partition coefficient (Wildman–Crippen LogP) is 2.69. The van der Waals surface area contributed by atoms with Gasteiger partial charge in [-0.05, 0) is 12.8 Å². The van der Waals surface area contributed by atoms with E-state index < -0.39 is 5.97 Å². The van der Waals surface area contributed by atoms with Gasteiger partial charge in [0, 0.05) is 5.38 Å². The monoisotopic (exact) mass is 241 g/mol. The van der Waals surface area contributed by atoms with Crippen molar-refractivity contribution < 1.29 is 14.6 Å². The number of hydrogen-bond acceptors (Lipinski definition) is 4. The summed E-state index contributed by atoms with van der Waals surface area (Å²) < 4.78 is 5.71. The van der Waals surface area contributed by atoms with Crippen molar-refractivity contribution in [2.24, 2.45) is 0 Å². The van der Waals surface area contributed by atoms with Crippen molar-refractivity contribution >= 4 is 17.3 Å². The van der Waals surface area contributed by atoms with E-state index in [2.05, 4.69) is 4.98 Å². The molecule has 0 saturated heterocycles. The lowest BCUT2D eigenvalue weighted by Crippen LogP contribution is -2.16. The fourth-order valence-corrected chi connectivity index (χ4v) is 2.55. The van der Waals surface area contributed by atoms with Crippen LogP contribution in [-0.4, -0.2) is 22.2 Å². The van der Waals surface area contributed by atoms with Gasteiger partial charge in [-0.15, -0.1) is 11.3 Å². The molecule has 1 aromatic heterocycles. The lowest BCUT2D eigenvalue weighted by Gasteiger charge is -2.21. The normalized spacial score (nSPS) is 17.5. The highest BCUT2D eigenvalue weighted by molar-refractivity contribution is 7.11. The lowest BCUT2D eigenvalue weighted by atomic mass is 9.98. The number of nitrogens with zero attached hydrogens (tertiary/aromatic N) is 1. The molecular formula is C11H15NO3S. The van der Waals surface area contributed by atoms with Crippen LogP contribution in [0.1, 0.15) is 47.6 Å². The molecule has 1 aliphatic rings. The summed E-state index contributed by atoms with van der Waals surface area (Å²) >= 11 is 1.15. The molecule has 0 radical (unpaired) electrons. The number of ether oxygens (including phenoxy) is 1. The molecule has 0 unspecified atom stereocenters. The molecule has 5 heteroatoms. The summed E-state index contributed by atoms with van der Waals surface area (Å²) in [6.45, 7) is 0.439. The number of rotatable bonds is 4. The molecular weight excluding hydrogens is 226 g/mol. The predicted molar refractivity (Wildman–Crippen MR) is 60.7 cm³/mol. The van der Waals surface area contributed by atoms with Gasteiger partial charge in [0.05, 0.1) is 18.4 Å². The van der Waals surface area contributed by atoms with E-state index in [9.17, 15) is 4.79 Å². The molecule has 0 aliphatic heterocycles. The summed E-state index contributed by atoms with van der Waals surface area (Å²) in [4.78, 5) is 14.6. The van der Waals surface area contributed by atoms with E-state index in [4.69, 9.17) is 9.84 Å². The molecule has 2 rings (SSSR count). The molecule has 0 atom stereocenters. The van der Waals surface area contributed by atoms with Gasteiger partial charge in [-0.3, -0.25) is 0 Å². The van der Waals surface area contributed by atoms with Gasteiger partial charge in [0.1, 0.15) is 0 Å². The molecule has 4 nitrogen and oxygen atoms in total. The molecule has 16 heavy (non-hydrogen) atoms. The quantitative estimate of drug-likeness (QED) is 0.880. The van der Waals surface area contributed by atoms with Crippen molar-refractivity contribution in [2.75, 3.05) is 0 Å². The highest BCUT2D eigenvalue weighted by Crippen LogP contribution is 2.21. The summed E-state index contributed by atoms with van der Waals surface area (Å²) in [6, 6.07) is 0. The van der Waals surface area contributed by atoms with Gasteiger partial charge >= 0.3 is 5.97 Å². The van der Waals surface area contributed by atoms with Crippen LogP contribution in [0.3, 0.4) is 0 Å². The molecule has 0 bridgehead atoms. The minimum Gasteiger partial charge on any atom is -0.476 e. The van der Waals surface area contributed by atoms with E-state index in [1.165, 1.54) is 19.3 Å². The summed E-state index contributed by atoms with van der Waals surface area (Å²) in [5.74, 6) is -0.964. The van der Waals surface area contributed by atoms with Crippen LogP contribution in [0.4, 0.5) is 0 Å². The van der Waals surface area contributed by atoms with Crippen LogP contribution in [-0.2, 0) is 11.3 Å². The lowest BCUT2D eigenvalue weighted by molar-refractivity contribution is 0.0154. The van der Waals surface area contributed by atoms with E-state index in [-0.39, 0.29) is 5.01 Å². The first kappa shape index (κ1) is 11.5. The fourth-order valence-electron chi connectivity index (χ4n) is 1.91. The average Bonchev–Trinajstić information content (AvgIpc) is 2.76. The summed E-state index contributed by atoms with van der Waals surface area (Å²) in [6.07, 6.45) is 6.36. The van der Waals surface area contributed by atoms with Crippen LogP contribution in [0, 0.1) is 0 Å². The number of aromatic nitrogens is 1. The Labute approximate surface area is 98.3 Å². The van der Waals surface area contributed by atoms with E-state index in [0.717, 1.165) is 29.9 Å². The zero-order valence-electron chi connectivity index (χ0n) is 9.02. The summed E-state index contributed by atoms with van der Waals surface area (Å²) in [7, 11) is 0. The minimum absolute atomic E-state index is 0.141. The van der Waals surface area contributed by atoms with Gasteiger partial charge in [0.2, 0.25) is 5.01 Å². The largest absolute Gasteiger partial charge is 0.476 e. The number of thiazole rings is 1. The number of hydrogen-bond donors (Lipinski definition) is 1. The third kappa shape index (κ3) is 3.02. The minimum atomic E-state index is -0.964. The maximum Gasteiger partial charge on any atom is 0.365 e. The van der Waals surface area contributed by atoms with Gasteiger partial charge in [0.15, 0.2) is 0 Å². The highest BCUT2D eigenvalue weighted by Gasteiger charge is 2.15. The standard InChI is InChI=1S/C11H15NO3S/c13-11(14)10-12-8(7-16-10)6-15-9-4-2-1-3-5-9/h7,9H,1-6H2,(H,13,14). The molecule has 1 aromatic rings. The first-order valence-corrected chi connectivity index (χ1v) is 6.43. The first-order chi connectivity index (χ1) is 7.75. The molecule has 0 aromatic carbocycles. The zero-order valence-corrected chi connectivity index (χ0v) is 9.83. The topological polar surface area (TPSA) is 59.4 Å². The molecule has 1 heterocycles. The van der Waals surface area contributed by atoms with Crippen LogP contribution in [0.5, 0.6) is 0 Å². The van der Waals surface area contributed by atoms with Gasteiger partial charge in [0.25, 0.3) is 0 Å². The van der Waals surface area contributed by atoms with E-state index in [1.54, 1.807) is 5.38 Å². The highest BCUT2D eigenvalue weighted by atomic mass is 32.1. The second kappa shape index (κ2) is 5.41. The number of aromatic carboxylic acids is 1. The molecule has 0 amide bonds. The second-order valence-corrected chi connectivity index (χ2v) is 4.88. The van der Waals surface area contributed by atoms with Crippen LogP contribution >= 0.6 is 11.3 Å². The Bertz CT molecular complexity index is 358. The van der Waals surface area contributed by atoms with Crippen LogP contribution < -0.4 is 0 Å². The zero-order chi connectivity index (χ0) is 11.4. The third-order valence-electron chi connectivity index (χ3n) is 2.75. The van der Waals surface area contributed by atoms with Crippen molar-refractivity contribution in [3.8, 4) is 0 Å². The van der Waals surface area contributed by atoms with Gasteiger partial charge < -0.3 is 9.84 Å². The van der Waals surface area contributed by atoms with Crippen molar-refractivity contribution in [1.82, 2.24) is 4.98 Å². The van der Waals surface area contributed by atoms with Gasteiger partial charge in [-0.2, -0.15) is 0 Å². The molecule has 1 aliphatic carbocycles. The van der Waals surface area contributed by atoms with Gasteiger partial charge in [-0.25, -0.2) is 9.78 Å². The SMILES string of the molecule is O=C(O)c1nc(COC2CCCCC2)cs1. The molecule has 1 fully saturated rings. The Morgan fingerprint density at radius 1 is 1.50 bits per heavy atom. The molecule has 1 saturated carbocycles. The second-order valence-electron chi connectivity index (χ2n) is 4.02. The average molecular weight is 241 g/mol. The van der Waals surface area contributed by atoms with Crippen molar-refractivity contribution in [3.05, 3.63) is 16.1 Å². The Balaban J connectivity index is 1.81. The third-order valence-corrected chi connectivity index (χ3v) is 3.63. The first-order valence-electron chi connectivity index (χ1n) is 5.55. The Hall–Kier alpha value is -0.940. The van der Waals surface area contributed by atoms with Crippen LogP contribution in [0.25, 0.3) is 0 Å². The Morgan fingerprint density at radius 2 is 2.25 bits per heavy atom. The van der Waals surface area contributed by atoms with Crippen molar-refractivity contribution in [2.45, 2.75) is 44.8 Å². The molecule has 1 N–H and O–H groups in total. The maximum absolute atomic E-state index is 10.6. The van der Waals surface area contributed by atoms with Crippen molar-refractivity contribution in [3.63, 3.8) is 0 Å². The van der Waals surface area contributed by atoms with Gasteiger partial charge in [-0.1, -0.05) is 19.3 Å². The Kier molecular flexibility index (Phi) is 3.90. The fraction of sp³-hybridized carbons (Fsp3) is 0.636.